The molecule has 1 saturated carbocycles. The second-order valence-electron chi connectivity index (χ2n) is 5.57. The molecular formula is C15H19NO3S. The Hall–Kier alpha value is -1.36. The van der Waals surface area contributed by atoms with Crippen molar-refractivity contribution in [1.29, 1.82) is 0 Å². The van der Waals surface area contributed by atoms with E-state index in [1.54, 1.807) is 18.3 Å². The summed E-state index contributed by atoms with van der Waals surface area (Å²) < 4.78 is 5.17. The highest BCUT2D eigenvalue weighted by Gasteiger charge is 2.35. The van der Waals surface area contributed by atoms with Crippen molar-refractivity contribution < 1.29 is 14.3 Å². The van der Waals surface area contributed by atoms with E-state index in [-0.39, 0.29) is 17.8 Å². The van der Waals surface area contributed by atoms with Gasteiger partial charge in [-0.05, 0) is 44.1 Å². The molecule has 1 atom stereocenters. The van der Waals surface area contributed by atoms with Gasteiger partial charge in [0.15, 0.2) is 0 Å². The molecule has 5 heteroatoms. The van der Waals surface area contributed by atoms with Crippen LogP contribution in [-0.4, -0.2) is 18.5 Å². The van der Waals surface area contributed by atoms with Crippen LogP contribution < -0.4 is 5.32 Å². The maximum atomic E-state index is 12.2. The quantitative estimate of drug-likeness (QED) is 0.866. The number of carbonyl (C=O) groups is 2. The summed E-state index contributed by atoms with van der Waals surface area (Å²) in [6.45, 7) is 4.29. The third kappa shape index (κ3) is 2.35. The third-order valence-corrected chi connectivity index (χ3v) is 5.16. The summed E-state index contributed by atoms with van der Waals surface area (Å²) in [5, 5.41) is 3.63. The van der Waals surface area contributed by atoms with Gasteiger partial charge in [0.25, 0.3) is 0 Å². The van der Waals surface area contributed by atoms with E-state index in [0.29, 0.717) is 23.1 Å². The van der Waals surface area contributed by atoms with Crippen molar-refractivity contribution in [3.63, 3.8) is 0 Å². The molecule has 1 amide bonds. The fraction of sp³-hybridized carbons (Fsp3) is 0.600. The van der Waals surface area contributed by atoms with Gasteiger partial charge in [-0.2, -0.15) is 0 Å². The van der Waals surface area contributed by atoms with Crippen LogP contribution in [0.25, 0.3) is 0 Å². The summed E-state index contributed by atoms with van der Waals surface area (Å²) in [6, 6.07) is 0. The van der Waals surface area contributed by atoms with Crippen molar-refractivity contribution >= 4 is 28.2 Å². The average Bonchev–Trinajstić information content (AvgIpc) is 3.11. The summed E-state index contributed by atoms with van der Waals surface area (Å²) in [4.78, 5) is 25.4. The zero-order valence-corrected chi connectivity index (χ0v) is 12.6. The van der Waals surface area contributed by atoms with E-state index in [0.717, 1.165) is 31.2 Å². The average molecular weight is 293 g/mol. The van der Waals surface area contributed by atoms with Gasteiger partial charge in [-0.25, -0.2) is 4.79 Å². The smallest absolute Gasteiger partial charge is 0.341 e. The molecule has 0 spiro atoms. The van der Waals surface area contributed by atoms with Crippen molar-refractivity contribution in [1.82, 2.24) is 0 Å². The first-order valence-electron chi connectivity index (χ1n) is 7.25. The van der Waals surface area contributed by atoms with E-state index in [4.69, 9.17) is 4.74 Å². The number of anilines is 1. The number of esters is 1. The van der Waals surface area contributed by atoms with E-state index >= 15 is 0 Å². The van der Waals surface area contributed by atoms with E-state index < -0.39 is 0 Å². The van der Waals surface area contributed by atoms with Crippen LogP contribution in [-0.2, 0) is 16.0 Å². The van der Waals surface area contributed by atoms with Crippen LogP contribution in [0.15, 0.2) is 0 Å². The molecule has 0 radical (unpaired) electrons. The van der Waals surface area contributed by atoms with Crippen LogP contribution in [0.4, 0.5) is 5.00 Å². The molecule has 1 heterocycles. The highest BCUT2D eigenvalue weighted by Crippen LogP contribution is 2.45. The first kappa shape index (κ1) is 13.6. The number of hydrogen-bond acceptors (Lipinski definition) is 4. The number of hydrogen-bond donors (Lipinski definition) is 1. The molecule has 20 heavy (non-hydrogen) atoms. The second kappa shape index (κ2) is 5.20. The van der Waals surface area contributed by atoms with Gasteiger partial charge in [-0.15, -0.1) is 11.3 Å². The molecule has 2 aliphatic rings. The fourth-order valence-corrected chi connectivity index (χ4v) is 4.07. The highest BCUT2D eigenvalue weighted by atomic mass is 32.1. The molecule has 0 aromatic carbocycles. The summed E-state index contributed by atoms with van der Waals surface area (Å²) >= 11 is 1.55. The highest BCUT2D eigenvalue weighted by molar-refractivity contribution is 7.17. The van der Waals surface area contributed by atoms with Crippen molar-refractivity contribution in [3.8, 4) is 0 Å². The van der Waals surface area contributed by atoms with Crippen LogP contribution in [0.2, 0.25) is 0 Å². The number of rotatable bonds is 4. The zero-order chi connectivity index (χ0) is 14.3. The lowest BCUT2D eigenvalue weighted by Crippen LogP contribution is -2.16. The SMILES string of the molecule is CCOC(=O)c1c(NC(=O)C2CC2)sc2c1C(C)CC2. The van der Waals surface area contributed by atoms with Gasteiger partial charge in [-0.1, -0.05) is 6.92 Å². The lowest BCUT2D eigenvalue weighted by molar-refractivity contribution is -0.117. The Bertz CT molecular complexity index is 560. The summed E-state index contributed by atoms with van der Waals surface area (Å²) in [6.07, 6.45) is 3.99. The van der Waals surface area contributed by atoms with Gasteiger partial charge in [0.05, 0.1) is 12.2 Å². The molecule has 0 bridgehead atoms. The lowest BCUT2D eigenvalue weighted by atomic mass is 10.0. The molecule has 3 rings (SSSR count). The largest absolute Gasteiger partial charge is 0.462 e. The van der Waals surface area contributed by atoms with Crippen LogP contribution in [0, 0.1) is 5.92 Å². The molecule has 1 aromatic heterocycles. The van der Waals surface area contributed by atoms with E-state index in [9.17, 15) is 9.59 Å². The van der Waals surface area contributed by atoms with E-state index in [1.165, 1.54) is 4.88 Å². The Kier molecular flexibility index (Phi) is 3.54. The maximum Gasteiger partial charge on any atom is 0.341 e. The van der Waals surface area contributed by atoms with Crippen LogP contribution in [0.3, 0.4) is 0 Å². The number of thiophene rings is 1. The van der Waals surface area contributed by atoms with Crippen molar-refractivity contribution in [2.75, 3.05) is 11.9 Å². The minimum atomic E-state index is -0.301. The van der Waals surface area contributed by atoms with Gasteiger partial charge in [0.1, 0.15) is 5.00 Å². The molecular weight excluding hydrogens is 274 g/mol. The predicted molar refractivity (Wildman–Crippen MR) is 78.4 cm³/mol. The van der Waals surface area contributed by atoms with Crippen LogP contribution >= 0.6 is 11.3 Å². The number of ether oxygens (including phenoxy) is 1. The van der Waals surface area contributed by atoms with Gasteiger partial charge >= 0.3 is 5.97 Å². The molecule has 1 fully saturated rings. The normalized spacial score (nSPS) is 20.6. The van der Waals surface area contributed by atoms with Crippen molar-refractivity contribution in [3.05, 3.63) is 16.0 Å². The Labute approximate surface area is 122 Å². The Morgan fingerprint density at radius 3 is 2.75 bits per heavy atom. The molecule has 1 aromatic rings. The summed E-state index contributed by atoms with van der Waals surface area (Å²) in [7, 11) is 0. The zero-order valence-electron chi connectivity index (χ0n) is 11.8. The Balaban J connectivity index is 1.94. The fourth-order valence-electron chi connectivity index (χ4n) is 2.74. The van der Waals surface area contributed by atoms with Gasteiger partial charge in [-0.3, -0.25) is 4.79 Å². The molecule has 1 unspecified atom stereocenters. The second-order valence-corrected chi connectivity index (χ2v) is 6.67. The molecule has 0 saturated heterocycles. The lowest BCUT2D eigenvalue weighted by Gasteiger charge is -2.10. The number of carbonyl (C=O) groups excluding carboxylic acids is 2. The van der Waals surface area contributed by atoms with Gasteiger partial charge < -0.3 is 10.1 Å². The molecule has 4 nitrogen and oxygen atoms in total. The summed E-state index contributed by atoms with van der Waals surface area (Å²) in [5.41, 5.74) is 1.70. The van der Waals surface area contributed by atoms with Crippen molar-refractivity contribution in [2.45, 2.75) is 45.4 Å². The Morgan fingerprint density at radius 2 is 2.10 bits per heavy atom. The van der Waals surface area contributed by atoms with E-state index in [2.05, 4.69) is 12.2 Å². The number of nitrogens with one attached hydrogen (secondary N) is 1. The summed E-state index contributed by atoms with van der Waals surface area (Å²) in [5.74, 6) is 0.250. The van der Waals surface area contributed by atoms with Gasteiger partial charge in [0, 0.05) is 10.8 Å². The molecule has 1 N–H and O–H groups in total. The van der Waals surface area contributed by atoms with Crippen LogP contribution in [0.1, 0.15) is 59.8 Å². The standard InChI is InChI=1S/C15H19NO3S/c1-3-19-15(18)12-11-8(2)4-7-10(11)20-14(12)16-13(17)9-5-6-9/h8-9H,3-7H2,1-2H3,(H,16,17). The minimum absolute atomic E-state index is 0.0446. The van der Waals surface area contributed by atoms with Crippen molar-refractivity contribution in [2.24, 2.45) is 5.92 Å². The first-order valence-corrected chi connectivity index (χ1v) is 8.07. The Morgan fingerprint density at radius 1 is 1.35 bits per heavy atom. The first-order chi connectivity index (χ1) is 9.61. The molecule has 108 valence electrons. The molecule has 0 aliphatic heterocycles. The maximum absolute atomic E-state index is 12.2. The minimum Gasteiger partial charge on any atom is -0.462 e. The monoisotopic (exact) mass is 293 g/mol. The number of aryl methyl sites for hydroxylation is 1. The predicted octanol–water partition coefficient (Wildman–Crippen LogP) is 3.32. The van der Waals surface area contributed by atoms with Gasteiger partial charge in [0.2, 0.25) is 5.91 Å². The number of amides is 1. The topological polar surface area (TPSA) is 55.4 Å². The molecule has 2 aliphatic carbocycles. The number of fused-ring (bicyclic) bond motifs is 1. The van der Waals surface area contributed by atoms with Crippen LogP contribution in [0.5, 0.6) is 0 Å². The van der Waals surface area contributed by atoms with E-state index in [1.807, 2.05) is 0 Å². The third-order valence-electron chi connectivity index (χ3n) is 3.98.